The summed E-state index contributed by atoms with van der Waals surface area (Å²) in [5.41, 5.74) is 0.918. The lowest BCUT2D eigenvalue weighted by molar-refractivity contribution is 0.0942. The molecule has 0 atom stereocenters. The molecule has 0 fully saturated rings. The zero-order chi connectivity index (χ0) is 17.2. The summed E-state index contributed by atoms with van der Waals surface area (Å²) in [7, 11) is 0. The highest BCUT2D eigenvalue weighted by Gasteiger charge is 2.14. The lowest BCUT2D eigenvalue weighted by Gasteiger charge is -1.98. The Hall–Kier alpha value is -3.26. The highest BCUT2D eigenvalue weighted by molar-refractivity contribution is 6.33. The molecule has 124 valence electrons. The third kappa shape index (κ3) is 3.07. The molecule has 0 bridgehead atoms. The number of hydrogen-bond acceptors (Lipinski definition) is 6. The van der Waals surface area contributed by atoms with Crippen LogP contribution in [0.3, 0.4) is 0 Å². The molecule has 9 heteroatoms. The molecule has 25 heavy (non-hydrogen) atoms. The van der Waals surface area contributed by atoms with Crippen LogP contribution in [-0.2, 0) is 6.54 Å². The van der Waals surface area contributed by atoms with Gasteiger partial charge in [0.2, 0.25) is 17.5 Å². The maximum absolute atomic E-state index is 12.2. The Labute approximate surface area is 146 Å². The van der Waals surface area contributed by atoms with Crippen LogP contribution in [0.4, 0.5) is 0 Å². The molecule has 0 aliphatic heterocycles. The van der Waals surface area contributed by atoms with Gasteiger partial charge in [0.25, 0.3) is 5.91 Å². The van der Waals surface area contributed by atoms with E-state index in [1.54, 1.807) is 41.2 Å². The Bertz CT molecular complexity index is 1020. The van der Waals surface area contributed by atoms with Crippen molar-refractivity contribution < 1.29 is 9.32 Å². The van der Waals surface area contributed by atoms with E-state index in [9.17, 15) is 4.79 Å². The van der Waals surface area contributed by atoms with Crippen molar-refractivity contribution in [3.05, 3.63) is 65.5 Å². The molecule has 4 rings (SSSR count). The van der Waals surface area contributed by atoms with Crippen molar-refractivity contribution in [1.29, 1.82) is 0 Å². The highest BCUT2D eigenvalue weighted by atomic mass is 35.5. The number of aromatic nitrogens is 5. The summed E-state index contributed by atoms with van der Waals surface area (Å²) >= 11 is 6.11. The first-order chi connectivity index (χ1) is 12.2. The number of hydrogen-bond donors (Lipinski definition) is 1. The second-order valence-corrected chi connectivity index (χ2v) is 5.53. The number of nitrogens with zero attached hydrogens (tertiary/aromatic N) is 5. The summed E-state index contributed by atoms with van der Waals surface area (Å²) < 4.78 is 6.81. The fourth-order valence-corrected chi connectivity index (χ4v) is 2.48. The van der Waals surface area contributed by atoms with E-state index in [-0.39, 0.29) is 24.0 Å². The summed E-state index contributed by atoms with van der Waals surface area (Å²) in [4.78, 5) is 24.6. The molecular formula is C16H11ClN6O2. The standard InChI is InChI=1S/C16H11ClN6O2/c17-11-5-2-1-4-10(11)14-21-13(25-22-14)8-19-15(24)12-9-23-7-3-6-18-16(23)20-12/h1-7,9H,8H2,(H,19,24). The molecule has 4 aromatic rings. The van der Waals surface area contributed by atoms with Crippen molar-refractivity contribution in [3.8, 4) is 11.4 Å². The second kappa shape index (κ2) is 6.33. The fraction of sp³-hybridized carbons (Fsp3) is 0.0625. The lowest BCUT2D eigenvalue weighted by atomic mass is 10.2. The lowest BCUT2D eigenvalue weighted by Crippen LogP contribution is -2.23. The van der Waals surface area contributed by atoms with Crippen molar-refractivity contribution in [3.63, 3.8) is 0 Å². The first-order valence-corrected chi connectivity index (χ1v) is 7.74. The summed E-state index contributed by atoms with van der Waals surface area (Å²) in [6.07, 6.45) is 4.97. The third-order valence-corrected chi connectivity index (χ3v) is 3.78. The van der Waals surface area contributed by atoms with Crippen LogP contribution < -0.4 is 5.32 Å². The van der Waals surface area contributed by atoms with Gasteiger partial charge in [0.15, 0.2) is 0 Å². The summed E-state index contributed by atoms with van der Waals surface area (Å²) in [5, 5.41) is 7.09. The SMILES string of the molecule is O=C(NCc1nc(-c2ccccc2Cl)no1)c1cn2cccnc2n1. The average molecular weight is 355 g/mol. The zero-order valence-corrected chi connectivity index (χ0v) is 13.5. The van der Waals surface area contributed by atoms with Crippen LogP contribution in [-0.4, -0.2) is 30.4 Å². The first-order valence-electron chi connectivity index (χ1n) is 7.36. The van der Waals surface area contributed by atoms with Gasteiger partial charge >= 0.3 is 0 Å². The number of fused-ring (bicyclic) bond motifs is 1. The zero-order valence-electron chi connectivity index (χ0n) is 12.8. The number of carbonyl (C=O) groups is 1. The molecule has 0 saturated carbocycles. The van der Waals surface area contributed by atoms with E-state index < -0.39 is 0 Å². The molecule has 0 spiro atoms. The van der Waals surface area contributed by atoms with Gasteiger partial charge < -0.3 is 9.84 Å². The van der Waals surface area contributed by atoms with Crippen LogP contribution in [0.15, 0.2) is 53.4 Å². The first kappa shape index (κ1) is 15.3. The van der Waals surface area contributed by atoms with Crippen molar-refractivity contribution in [2.45, 2.75) is 6.54 Å². The van der Waals surface area contributed by atoms with Gasteiger partial charge in [0.1, 0.15) is 5.69 Å². The van der Waals surface area contributed by atoms with Gasteiger partial charge in [0.05, 0.1) is 11.6 Å². The third-order valence-electron chi connectivity index (χ3n) is 3.45. The predicted octanol–water partition coefficient (Wildman–Crippen LogP) is 2.36. The Balaban J connectivity index is 1.46. The number of carbonyl (C=O) groups excluding carboxylic acids is 1. The number of rotatable bonds is 4. The Morgan fingerprint density at radius 2 is 2.12 bits per heavy atom. The molecule has 0 saturated heterocycles. The molecule has 1 amide bonds. The molecule has 8 nitrogen and oxygen atoms in total. The minimum absolute atomic E-state index is 0.0809. The largest absolute Gasteiger partial charge is 0.342 e. The number of amides is 1. The van der Waals surface area contributed by atoms with Gasteiger partial charge in [-0.25, -0.2) is 9.97 Å². The summed E-state index contributed by atoms with van der Waals surface area (Å²) in [6, 6.07) is 8.93. The molecule has 0 unspecified atom stereocenters. The molecule has 0 radical (unpaired) electrons. The monoisotopic (exact) mass is 354 g/mol. The van der Waals surface area contributed by atoms with Crippen LogP contribution in [0.5, 0.6) is 0 Å². The van der Waals surface area contributed by atoms with E-state index >= 15 is 0 Å². The number of nitrogens with one attached hydrogen (secondary N) is 1. The van der Waals surface area contributed by atoms with Crippen molar-refractivity contribution in [2.75, 3.05) is 0 Å². The van der Waals surface area contributed by atoms with Crippen molar-refractivity contribution >= 4 is 23.3 Å². The molecule has 3 heterocycles. The number of benzene rings is 1. The van der Waals surface area contributed by atoms with Crippen LogP contribution in [0.25, 0.3) is 17.2 Å². The van der Waals surface area contributed by atoms with Gasteiger partial charge in [-0.3, -0.25) is 9.20 Å². The molecule has 1 aromatic carbocycles. The van der Waals surface area contributed by atoms with E-state index in [0.717, 1.165) is 0 Å². The van der Waals surface area contributed by atoms with E-state index in [1.807, 2.05) is 12.1 Å². The van der Waals surface area contributed by atoms with Gasteiger partial charge in [-0.1, -0.05) is 28.9 Å². The predicted molar refractivity (Wildman–Crippen MR) is 88.9 cm³/mol. The maximum atomic E-state index is 12.2. The Morgan fingerprint density at radius 3 is 2.96 bits per heavy atom. The van der Waals surface area contributed by atoms with Crippen LogP contribution in [0, 0.1) is 0 Å². The van der Waals surface area contributed by atoms with E-state index in [4.69, 9.17) is 16.1 Å². The number of imidazole rings is 1. The second-order valence-electron chi connectivity index (χ2n) is 5.13. The van der Waals surface area contributed by atoms with Crippen LogP contribution in [0.2, 0.25) is 5.02 Å². The minimum atomic E-state index is -0.358. The molecule has 3 aromatic heterocycles. The maximum Gasteiger partial charge on any atom is 0.272 e. The molecule has 0 aliphatic rings. The quantitative estimate of drug-likeness (QED) is 0.604. The van der Waals surface area contributed by atoms with E-state index in [0.29, 0.717) is 22.2 Å². The van der Waals surface area contributed by atoms with Gasteiger partial charge in [-0.2, -0.15) is 4.98 Å². The number of halogens is 1. The fourth-order valence-electron chi connectivity index (χ4n) is 2.26. The normalized spacial score (nSPS) is 10.9. The van der Waals surface area contributed by atoms with Crippen LogP contribution >= 0.6 is 11.6 Å². The van der Waals surface area contributed by atoms with E-state index in [1.165, 1.54) is 0 Å². The van der Waals surface area contributed by atoms with Crippen LogP contribution in [0.1, 0.15) is 16.4 Å². The van der Waals surface area contributed by atoms with Gasteiger partial charge in [-0.05, 0) is 18.2 Å². The smallest absolute Gasteiger partial charge is 0.272 e. The molecule has 0 aliphatic carbocycles. The Morgan fingerprint density at radius 1 is 1.24 bits per heavy atom. The van der Waals surface area contributed by atoms with E-state index in [2.05, 4.69) is 25.4 Å². The average Bonchev–Trinajstić information content (AvgIpc) is 3.27. The van der Waals surface area contributed by atoms with Crippen molar-refractivity contribution in [2.24, 2.45) is 0 Å². The molecular weight excluding hydrogens is 344 g/mol. The molecule has 1 N–H and O–H groups in total. The summed E-state index contributed by atoms with van der Waals surface area (Å²) in [5.74, 6) is 0.728. The van der Waals surface area contributed by atoms with Gasteiger partial charge in [-0.15, -0.1) is 0 Å². The topological polar surface area (TPSA) is 98.2 Å². The Kier molecular flexibility index (Phi) is 3.87. The highest BCUT2D eigenvalue weighted by Crippen LogP contribution is 2.24. The summed E-state index contributed by atoms with van der Waals surface area (Å²) in [6.45, 7) is 0.0809. The van der Waals surface area contributed by atoms with Crippen molar-refractivity contribution in [1.82, 2.24) is 29.8 Å². The van der Waals surface area contributed by atoms with Gasteiger partial charge in [0, 0.05) is 24.2 Å². The minimum Gasteiger partial charge on any atom is -0.342 e.